The van der Waals surface area contributed by atoms with Crippen LogP contribution in [0.1, 0.15) is 46.0 Å². The molecule has 0 aromatic carbocycles. The van der Waals surface area contributed by atoms with Crippen LogP contribution in [0, 0.1) is 5.41 Å². The molecular formula is C16H27N3O3. The molecule has 1 N–H and O–H groups in total. The van der Waals surface area contributed by atoms with Gasteiger partial charge in [0.2, 0.25) is 18.2 Å². The van der Waals surface area contributed by atoms with E-state index in [1.165, 1.54) is 6.42 Å². The van der Waals surface area contributed by atoms with Gasteiger partial charge in [0, 0.05) is 32.2 Å². The van der Waals surface area contributed by atoms with Crippen LogP contribution in [0.5, 0.6) is 0 Å². The van der Waals surface area contributed by atoms with Gasteiger partial charge in [0.1, 0.15) is 5.41 Å². The van der Waals surface area contributed by atoms with Crippen molar-refractivity contribution < 1.29 is 14.4 Å². The first-order valence-electron chi connectivity index (χ1n) is 8.25. The number of nitrogens with one attached hydrogen (secondary N) is 1. The van der Waals surface area contributed by atoms with Crippen molar-refractivity contribution in [2.24, 2.45) is 5.41 Å². The molecule has 0 aromatic rings. The van der Waals surface area contributed by atoms with Crippen LogP contribution in [0.4, 0.5) is 0 Å². The van der Waals surface area contributed by atoms with Crippen LogP contribution in [0.3, 0.4) is 0 Å². The third-order valence-corrected chi connectivity index (χ3v) is 4.79. The van der Waals surface area contributed by atoms with Crippen LogP contribution < -0.4 is 5.32 Å². The number of nitrogens with zero attached hydrogens (tertiary/aromatic N) is 2. The summed E-state index contributed by atoms with van der Waals surface area (Å²) in [6, 6.07) is 0.209. The largest absolute Gasteiger partial charge is 0.352 e. The van der Waals surface area contributed by atoms with E-state index >= 15 is 0 Å². The van der Waals surface area contributed by atoms with E-state index in [9.17, 15) is 14.4 Å². The van der Waals surface area contributed by atoms with Crippen LogP contribution in [0.2, 0.25) is 0 Å². The van der Waals surface area contributed by atoms with E-state index in [0.29, 0.717) is 26.2 Å². The van der Waals surface area contributed by atoms with Crippen LogP contribution in [0.25, 0.3) is 0 Å². The highest BCUT2D eigenvalue weighted by atomic mass is 16.2. The number of amides is 3. The molecule has 0 aromatic heterocycles. The van der Waals surface area contributed by atoms with Crippen molar-refractivity contribution in [3.05, 3.63) is 0 Å². The van der Waals surface area contributed by atoms with E-state index in [1.54, 1.807) is 23.6 Å². The Hall–Kier alpha value is -1.59. The topological polar surface area (TPSA) is 69.7 Å². The Balaban J connectivity index is 1.91. The highest BCUT2D eigenvalue weighted by molar-refractivity contribution is 6.04. The summed E-state index contributed by atoms with van der Waals surface area (Å²) in [7, 11) is 0. The zero-order valence-electron chi connectivity index (χ0n) is 13.6. The van der Waals surface area contributed by atoms with Crippen molar-refractivity contribution in [3.63, 3.8) is 0 Å². The Morgan fingerprint density at radius 1 is 1.05 bits per heavy atom. The van der Waals surface area contributed by atoms with E-state index in [4.69, 9.17) is 0 Å². The summed E-state index contributed by atoms with van der Waals surface area (Å²) in [5.74, 6) is -0.325. The molecule has 2 rings (SSSR count). The zero-order chi connectivity index (χ0) is 16.2. The van der Waals surface area contributed by atoms with Crippen LogP contribution >= 0.6 is 0 Å². The number of carbonyl (C=O) groups excluding carboxylic acids is 3. The zero-order valence-corrected chi connectivity index (χ0v) is 13.6. The third-order valence-electron chi connectivity index (χ3n) is 4.79. The summed E-state index contributed by atoms with van der Waals surface area (Å²) in [5.41, 5.74) is -1.05. The second-order valence-corrected chi connectivity index (χ2v) is 6.87. The van der Waals surface area contributed by atoms with Gasteiger partial charge in [0.05, 0.1) is 0 Å². The van der Waals surface area contributed by atoms with Gasteiger partial charge in [-0.15, -0.1) is 0 Å². The fourth-order valence-electron chi connectivity index (χ4n) is 3.14. The number of piperazine rings is 1. The lowest BCUT2D eigenvalue weighted by Gasteiger charge is -2.37. The Kier molecular flexibility index (Phi) is 5.42. The van der Waals surface area contributed by atoms with Gasteiger partial charge in [-0.25, -0.2) is 0 Å². The second-order valence-electron chi connectivity index (χ2n) is 6.87. The molecule has 1 aliphatic heterocycles. The molecule has 2 aliphatic rings. The van der Waals surface area contributed by atoms with Crippen molar-refractivity contribution in [3.8, 4) is 0 Å². The van der Waals surface area contributed by atoms with Gasteiger partial charge in [0.25, 0.3) is 0 Å². The van der Waals surface area contributed by atoms with Gasteiger partial charge in [-0.05, 0) is 26.7 Å². The molecule has 2 fully saturated rings. The normalized spacial score (nSPS) is 20.6. The Labute approximate surface area is 132 Å². The maximum atomic E-state index is 12.7. The first-order chi connectivity index (χ1) is 10.4. The standard InChI is InChI=1S/C16H27N3O3/c1-16(2,14(21)17-13-6-4-3-5-7-13)15(22)19-10-8-18(12-20)9-11-19/h12-13H,3-11H2,1-2H3,(H,17,21). The minimum Gasteiger partial charge on any atom is -0.352 e. The maximum Gasteiger partial charge on any atom is 0.237 e. The molecule has 0 bridgehead atoms. The molecule has 1 heterocycles. The molecule has 1 saturated heterocycles. The highest BCUT2D eigenvalue weighted by Crippen LogP contribution is 2.23. The number of hydrogen-bond donors (Lipinski definition) is 1. The Morgan fingerprint density at radius 2 is 1.64 bits per heavy atom. The summed E-state index contributed by atoms with van der Waals surface area (Å²) in [4.78, 5) is 39.2. The summed E-state index contributed by atoms with van der Waals surface area (Å²) in [6.45, 7) is 5.46. The van der Waals surface area contributed by atoms with Crippen molar-refractivity contribution in [2.75, 3.05) is 26.2 Å². The van der Waals surface area contributed by atoms with Crippen molar-refractivity contribution >= 4 is 18.2 Å². The van der Waals surface area contributed by atoms with Crippen LogP contribution in [-0.4, -0.2) is 60.2 Å². The number of rotatable bonds is 4. The summed E-state index contributed by atoms with van der Waals surface area (Å²) in [6.07, 6.45) is 6.35. The lowest BCUT2D eigenvalue weighted by atomic mass is 9.88. The molecule has 0 unspecified atom stereocenters. The van der Waals surface area contributed by atoms with Crippen molar-refractivity contribution in [1.29, 1.82) is 0 Å². The fourth-order valence-corrected chi connectivity index (χ4v) is 3.14. The van der Waals surface area contributed by atoms with E-state index in [2.05, 4.69) is 5.32 Å². The molecular weight excluding hydrogens is 282 g/mol. The molecule has 124 valence electrons. The van der Waals surface area contributed by atoms with E-state index in [0.717, 1.165) is 32.1 Å². The van der Waals surface area contributed by atoms with Gasteiger partial charge in [-0.1, -0.05) is 19.3 Å². The van der Waals surface area contributed by atoms with Crippen molar-refractivity contribution in [1.82, 2.24) is 15.1 Å². The smallest absolute Gasteiger partial charge is 0.237 e. The summed E-state index contributed by atoms with van der Waals surface area (Å²) >= 11 is 0. The number of carbonyl (C=O) groups is 3. The van der Waals surface area contributed by atoms with E-state index in [1.807, 2.05) is 0 Å². The average molecular weight is 309 g/mol. The predicted octanol–water partition coefficient (Wildman–Crippen LogP) is 0.762. The van der Waals surface area contributed by atoms with Gasteiger partial charge in [0.15, 0.2) is 0 Å². The maximum absolute atomic E-state index is 12.7. The lowest BCUT2D eigenvalue weighted by molar-refractivity contribution is -0.151. The third kappa shape index (κ3) is 3.78. The Bertz CT molecular complexity index is 422. The van der Waals surface area contributed by atoms with E-state index in [-0.39, 0.29) is 17.9 Å². The SMILES string of the molecule is CC(C)(C(=O)NC1CCCCC1)C(=O)N1CCN(C=O)CC1. The fraction of sp³-hybridized carbons (Fsp3) is 0.812. The first kappa shape index (κ1) is 16.8. The van der Waals surface area contributed by atoms with Gasteiger partial charge in [-0.2, -0.15) is 0 Å². The minimum atomic E-state index is -1.05. The summed E-state index contributed by atoms with van der Waals surface area (Å²) < 4.78 is 0. The minimum absolute atomic E-state index is 0.147. The monoisotopic (exact) mass is 309 g/mol. The quantitative estimate of drug-likeness (QED) is 0.616. The Morgan fingerprint density at radius 3 is 2.18 bits per heavy atom. The molecule has 0 radical (unpaired) electrons. The van der Waals surface area contributed by atoms with Crippen LogP contribution in [0.15, 0.2) is 0 Å². The number of hydrogen-bond acceptors (Lipinski definition) is 3. The predicted molar refractivity (Wildman–Crippen MR) is 83.0 cm³/mol. The average Bonchev–Trinajstić information content (AvgIpc) is 2.55. The summed E-state index contributed by atoms with van der Waals surface area (Å²) in [5, 5.41) is 3.05. The molecule has 6 heteroatoms. The molecule has 3 amide bonds. The molecule has 1 saturated carbocycles. The van der Waals surface area contributed by atoms with Gasteiger partial charge >= 0.3 is 0 Å². The molecule has 6 nitrogen and oxygen atoms in total. The highest BCUT2D eigenvalue weighted by Gasteiger charge is 2.40. The molecule has 22 heavy (non-hydrogen) atoms. The molecule has 0 spiro atoms. The van der Waals surface area contributed by atoms with Gasteiger partial charge in [-0.3, -0.25) is 14.4 Å². The van der Waals surface area contributed by atoms with Crippen molar-refractivity contribution in [2.45, 2.75) is 52.0 Å². The second kappa shape index (κ2) is 7.11. The van der Waals surface area contributed by atoms with Crippen LogP contribution in [-0.2, 0) is 14.4 Å². The molecule has 1 aliphatic carbocycles. The first-order valence-corrected chi connectivity index (χ1v) is 8.25. The molecule has 0 atom stereocenters. The van der Waals surface area contributed by atoms with E-state index < -0.39 is 5.41 Å². The lowest BCUT2D eigenvalue weighted by Crippen LogP contribution is -2.56. The van der Waals surface area contributed by atoms with Gasteiger partial charge < -0.3 is 15.1 Å².